The van der Waals surface area contributed by atoms with Gasteiger partial charge in [0.1, 0.15) is 9.71 Å². The van der Waals surface area contributed by atoms with E-state index in [0.29, 0.717) is 4.88 Å². The molecule has 0 atom stereocenters. The summed E-state index contributed by atoms with van der Waals surface area (Å²) in [5.41, 5.74) is 4.33. The number of nitrogens with two attached hydrogens (primary N) is 1. The number of nitrogens with zero attached hydrogens (tertiary/aromatic N) is 1. The number of carbonyl (C=O) groups excluding carboxylic acids is 2. The van der Waals surface area contributed by atoms with Crippen LogP contribution in [0.5, 0.6) is 0 Å². The Kier molecular flexibility index (Phi) is 4.72. The molecule has 0 aliphatic carbocycles. The fourth-order valence-corrected chi connectivity index (χ4v) is 4.20. The first-order valence-electron chi connectivity index (χ1n) is 7.19. The third-order valence-electron chi connectivity index (χ3n) is 3.51. The summed E-state index contributed by atoms with van der Waals surface area (Å²) in [5, 5.41) is 1.59. The Morgan fingerprint density at radius 2 is 2.08 bits per heavy atom. The minimum atomic E-state index is -4.62. The van der Waals surface area contributed by atoms with Crippen molar-refractivity contribution in [3.8, 4) is 10.6 Å². The summed E-state index contributed by atoms with van der Waals surface area (Å²) in [5.74, 6) is -1.76. The highest BCUT2D eigenvalue weighted by Gasteiger charge is 2.36. The van der Waals surface area contributed by atoms with Crippen molar-refractivity contribution in [2.75, 3.05) is 6.61 Å². The molecule has 0 unspecified atom stereocenters. The van der Waals surface area contributed by atoms with Gasteiger partial charge in [0.15, 0.2) is 6.61 Å². The van der Waals surface area contributed by atoms with Crippen molar-refractivity contribution in [1.29, 1.82) is 0 Å². The SMILES string of the molecule is Cc1c(C(=O)OCC(N)=O)sc2nc(-c3cccs3)cc(C(F)(F)F)c12. The molecule has 0 spiro atoms. The van der Waals surface area contributed by atoms with Crippen molar-refractivity contribution in [1.82, 2.24) is 4.98 Å². The number of primary amides is 1. The number of amides is 1. The average molecular weight is 400 g/mol. The molecule has 0 bridgehead atoms. The maximum absolute atomic E-state index is 13.6. The molecule has 0 aliphatic rings. The van der Waals surface area contributed by atoms with Crippen LogP contribution in [0.2, 0.25) is 0 Å². The van der Waals surface area contributed by atoms with Crippen LogP contribution >= 0.6 is 22.7 Å². The van der Waals surface area contributed by atoms with E-state index in [9.17, 15) is 22.8 Å². The molecule has 136 valence electrons. The van der Waals surface area contributed by atoms with E-state index in [4.69, 9.17) is 10.5 Å². The van der Waals surface area contributed by atoms with Gasteiger partial charge >= 0.3 is 12.1 Å². The van der Waals surface area contributed by atoms with Gasteiger partial charge in [-0.2, -0.15) is 13.2 Å². The molecule has 5 nitrogen and oxygen atoms in total. The van der Waals surface area contributed by atoms with Crippen molar-refractivity contribution < 1.29 is 27.5 Å². The van der Waals surface area contributed by atoms with Crippen LogP contribution in [0.15, 0.2) is 23.6 Å². The van der Waals surface area contributed by atoms with Gasteiger partial charge in [-0.15, -0.1) is 22.7 Å². The monoisotopic (exact) mass is 400 g/mol. The highest BCUT2D eigenvalue weighted by atomic mass is 32.1. The summed E-state index contributed by atoms with van der Waals surface area (Å²) >= 11 is 2.06. The molecule has 1 amide bonds. The number of esters is 1. The molecule has 0 saturated heterocycles. The highest BCUT2D eigenvalue weighted by molar-refractivity contribution is 7.20. The van der Waals surface area contributed by atoms with Crippen LogP contribution < -0.4 is 5.73 Å². The lowest BCUT2D eigenvalue weighted by Gasteiger charge is -2.10. The minimum Gasteiger partial charge on any atom is -0.451 e. The van der Waals surface area contributed by atoms with E-state index in [0.717, 1.165) is 17.4 Å². The lowest BCUT2D eigenvalue weighted by molar-refractivity contribution is -0.136. The average Bonchev–Trinajstić information content (AvgIpc) is 3.19. The molecule has 0 saturated carbocycles. The Bertz CT molecular complexity index is 994. The number of hydrogen-bond acceptors (Lipinski definition) is 6. The first-order valence-corrected chi connectivity index (χ1v) is 8.88. The van der Waals surface area contributed by atoms with Crippen molar-refractivity contribution in [2.24, 2.45) is 5.73 Å². The van der Waals surface area contributed by atoms with Gasteiger partial charge in [-0.1, -0.05) is 6.07 Å². The second kappa shape index (κ2) is 6.69. The smallest absolute Gasteiger partial charge is 0.417 e. The van der Waals surface area contributed by atoms with E-state index in [2.05, 4.69) is 4.98 Å². The van der Waals surface area contributed by atoms with Crippen molar-refractivity contribution in [3.05, 3.63) is 39.6 Å². The summed E-state index contributed by atoms with van der Waals surface area (Å²) in [6.07, 6.45) is -4.62. The lowest BCUT2D eigenvalue weighted by Crippen LogP contribution is -2.20. The van der Waals surface area contributed by atoms with Gasteiger partial charge in [-0.3, -0.25) is 4.79 Å². The second-order valence-electron chi connectivity index (χ2n) is 5.31. The normalized spacial score (nSPS) is 11.7. The Labute approximate surface area is 153 Å². The number of halogens is 3. The van der Waals surface area contributed by atoms with Crippen molar-refractivity contribution in [3.63, 3.8) is 0 Å². The Hall–Kier alpha value is -2.46. The van der Waals surface area contributed by atoms with Gasteiger partial charge in [0.05, 0.1) is 16.1 Å². The number of aryl methyl sites for hydroxylation is 1. The zero-order chi connectivity index (χ0) is 19.1. The summed E-state index contributed by atoms with van der Waals surface area (Å²) < 4.78 is 45.5. The molecule has 0 fully saturated rings. The van der Waals surface area contributed by atoms with Crippen molar-refractivity contribution >= 4 is 44.8 Å². The molecular formula is C16H11F3N2O3S2. The first-order chi connectivity index (χ1) is 12.2. The molecule has 26 heavy (non-hydrogen) atoms. The molecule has 3 rings (SSSR count). The van der Waals surface area contributed by atoms with Crippen LogP contribution in [-0.2, 0) is 15.7 Å². The van der Waals surface area contributed by atoms with E-state index in [1.165, 1.54) is 18.3 Å². The van der Waals surface area contributed by atoms with E-state index >= 15 is 0 Å². The molecule has 3 aromatic heterocycles. The highest BCUT2D eigenvalue weighted by Crippen LogP contribution is 2.42. The van der Waals surface area contributed by atoms with E-state index in [1.807, 2.05) is 0 Å². The van der Waals surface area contributed by atoms with E-state index in [-0.39, 0.29) is 26.4 Å². The predicted octanol–water partition coefficient (Wildman–Crippen LogP) is 3.99. The fourth-order valence-electron chi connectivity index (χ4n) is 2.42. The van der Waals surface area contributed by atoms with E-state index < -0.39 is 30.2 Å². The van der Waals surface area contributed by atoms with Gasteiger partial charge in [0, 0.05) is 5.39 Å². The Balaban J connectivity index is 2.19. The van der Waals surface area contributed by atoms with Crippen LogP contribution in [0, 0.1) is 6.92 Å². The topological polar surface area (TPSA) is 82.3 Å². The summed E-state index contributed by atoms with van der Waals surface area (Å²) in [4.78, 5) is 27.7. The van der Waals surface area contributed by atoms with Crippen LogP contribution in [-0.4, -0.2) is 23.5 Å². The van der Waals surface area contributed by atoms with Gasteiger partial charge in [-0.05, 0) is 30.0 Å². The third-order valence-corrected chi connectivity index (χ3v) is 5.57. The molecular weight excluding hydrogens is 389 g/mol. The maximum atomic E-state index is 13.6. The number of fused-ring (bicyclic) bond motifs is 1. The number of alkyl halides is 3. The van der Waals surface area contributed by atoms with Crippen LogP contribution in [0.25, 0.3) is 20.8 Å². The number of thiophene rings is 2. The fraction of sp³-hybridized carbons (Fsp3) is 0.188. The molecule has 3 aromatic rings. The largest absolute Gasteiger partial charge is 0.451 e. The molecule has 3 heterocycles. The van der Waals surface area contributed by atoms with Gasteiger partial charge < -0.3 is 10.5 Å². The number of rotatable bonds is 4. The van der Waals surface area contributed by atoms with Crippen molar-refractivity contribution in [2.45, 2.75) is 13.1 Å². The van der Waals surface area contributed by atoms with Gasteiger partial charge in [0.2, 0.25) is 0 Å². The summed E-state index contributed by atoms with van der Waals surface area (Å²) in [7, 11) is 0. The molecule has 0 aromatic carbocycles. The number of carbonyl (C=O) groups is 2. The Morgan fingerprint density at radius 3 is 2.65 bits per heavy atom. The first kappa shape index (κ1) is 18.3. The second-order valence-corrected chi connectivity index (χ2v) is 7.26. The van der Waals surface area contributed by atoms with Gasteiger partial charge in [-0.25, -0.2) is 9.78 Å². The maximum Gasteiger partial charge on any atom is 0.417 e. The number of pyridine rings is 1. The molecule has 0 aliphatic heterocycles. The minimum absolute atomic E-state index is 0.0393. The number of aromatic nitrogens is 1. The predicted molar refractivity (Wildman–Crippen MR) is 92.1 cm³/mol. The molecule has 2 N–H and O–H groups in total. The number of hydrogen-bond donors (Lipinski definition) is 1. The zero-order valence-electron chi connectivity index (χ0n) is 13.2. The molecule has 10 heteroatoms. The Morgan fingerprint density at radius 1 is 1.35 bits per heavy atom. The summed E-state index contributed by atoms with van der Waals surface area (Å²) in [6, 6.07) is 4.36. The zero-order valence-corrected chi connectivity index (χ0v) is 14.8. The van der Waals surface area contributed by atoms with Crippen LogP contribution in [0.3, 0.4) is 0 Å². The standard InChI is InChI=1S/C16H11F3N2O3S2/c1-7-12-8(16(17,18)19)5-9(10-3-2-4-25-10)21-14(12)26-13(7)15(23)24-6-11(20)22/h2-5H,6H2,1H3,(H2,20,22). The molecule has 0 radical (unpaired) electrons. The quantitative estimate of drug-likeness (QED) is 0.672. The van der Waals surface area contributed by atoms with E-state index in [1.54, 1.807) is 17.5 Å². The summed E-state index contributed by atoms with van der Waals surface area (Å²) in [6.45, 7) is 0.744. The lowest BCUT2D eigenvalue weighted by atomic mass is 10.1. The number of ether oxygens (including phenoxy) is 1. The van der Waals surface area contributed by atoms with Gasteiger partial charge in [0.25, 0.3) is 5.91 Å². The van der Waals surface area contributed by atoms with Crippen LogP contribution in [0.4, 0.5) is 13.2 Å². The van der Waals surface area contributed by atoms with Crippen LogP contribution in [0.1, 0.15) is 20.8 Å². The third kappa shape index (κ3) is 3.42.